The molecule has 0 saturated heterocycles. The maximum absolute atomic E-state index is 2.00. The van der Waals surface area contributed by atoms with Crippen LogP contribution < -0.4 is 0 Å². The predicted molar refractivity (Wildman–Crippen MR) is 22.0 cm³/mol. The Morgan fingerprint density at radius 1 is 1.00 bits per heavy atom. The third-order valence-corrected chi connectivity index (χ3v) is 0.556. The van der Waals surface area contributed by atoms with Crippen LogP contribution in [0.2, 0.25) is 0 Å². The minimum Gasteiger partial charge on any atom is -0.214 e. The predicted octanol–water partition coefficient (Wildman–Crippen LogP) is 1.40. The summed E-state index contributed by atoms with van der Waals surface area (Å²) in [5, 5.41) is 0. The third-order valence-electron chi connectivity index (χ3n) is 0.556. The molecule has 0 heterocycles. The number of hydrogen-bond acceptors (Lipinski definition) is 0. The van der Waals surface area contributed by atoms with Crippen LogP contribution in [0, 0.1) is 0 Å². The van der Waals surface area contributed by atoms with Crippen molar-refractivity contribution in [2.24, 2.45) is 0 Å². The molecule has 0 aliphatic rings. The molecule has 1 rings (SSSR count). The molecule has 0 amide bonds. The fraction of sp³-hybridized carbons (Fsp3) is 0. The molecular weight excluding hydrogens is 116 g/mol. The minimum absolute atomic E-state index is 0. The van der Waals surface area contributed by atoms with E-state index in [4.69, 9.17) is 0 Å². The summed E-state index contributed by atoms with van der Waals surface area (Å²) >= 11 is 0. The molecule has 0 radical (unpaired) electrons. The average Bonchev–Trinajstić information content (AvgIpc) is 1.76. The molecule has 32 valence electrons. The Labute approximate surface area is 48.0 Å². The fourth-order valence-electron chi connectivity index (χ4n) is 0.321. The van der Waals surface area contributed by atoms with Crippen LogP contribution in [0.4, 0.5) is 0 Å². The van der Waals surface area contributed by atoms with Gasteiger partial charge in [0, 0.05) is 0 Å². The molecule has 0 nitrogen and oxygen atoms in total. The van der Waals surface area contributed by atoms with Gasteiger partial charge in [-0.1, -0.05) is 0 Å². The quantitative estimate of drug-likeness (QED) is 0.359. The second-order valence-corrected chi connectivity index (χ2v) is 0.962. The van der Waals surface area contributed by atoms with Gasteiger partial charge in [-0.25, -0.2) is 12.1 Å². The van der Waals surface area contributed by atoms with Gasteiger partial charge in [0.2, 0.25) is 0 Å². The SMILES string of the molecule is [Fe+2].c1cc[cH-]c1. The molecule has 0 bridgehead atoms. The monoisotopic (exact) mass is 121 g/mol. The molecular formula is C5H5Fe+. The van der Waals surface area contributed by atoms with Crippen molar-refractivity contribution >= 4 is 0 Å². The summed E-state index contributed by atoms with van der Waals surface area (Å²) in [5.74, 6) is 0. The van der Waals surface area contributed by atoms with E-state index in [1.165, 1.54) is 0 Å². The minimum atomic E-state index is 0. The summed E-state index contributed by atoms with van der Waals surface area (Å²) in [6.45, 7) is 0. The van der Waals surface area contributed by atoms with E-state index in [0.717, 1.165) is 0 Å². The van der Waals surface area contributed by atoms with E-state index in [-0.39, 0.29) is 17.1 Å². The van der Waals surface area contributed by atoms with E-state index < -0.39 is 0 Å². The van der Waals surface area contributed by atoms with Gasteiger partial charge >= 0.3 is 17.1 Å². The number of hydrogen-bond donors (Lipinski definition) is 0. The number of rotatable bonds is 0. The van der Waals surface area contributed by atoms with Crippen LogP contribution in [0.3, 0.4) is 0 Å². The second kappa shape index (κ2) is 3.07. The van der Waals surface area contributed by atoms with Gasteiger partial charge in [-0.15, -0.1) is 0 Å². The van der Waals surface area contributed by atoms with Crippen molar-refractivity contribution in [1.29, 1.82) is 0 Å². The summed E-state index contributed by atoms with van der Waals surface area (Å²) in [6, 6.07) is 10.0. The topological polar surface area (TPSA) is 0 Å². The molecule has 1 heteroatoms. The normalized spacial score (nSPS) is 6.67. The second-order valence-electron chi connectivity index (χ2n) is 0.962. The Bertz CT molecular complexity index is 60.4. The van der Waals surface area contributed by atoms with E-state index in [9.17, 15) is 0 Å². The van der Waals surface area contributed by atoms with Crippen LogP contribution in [-0.2, 0) is 17.1 Å². The third kappa shape index (κ3) is 1.34. The van der Waals surface area contributed by atoms with Gasteiger partial charge in [0.25, 0.3) is 0 Å². The molecule has 1 aromatic carbocycles. The van der Waals surface area contributed by atoms with Crippen molar-refractivity contribution < 1.29 is 17.1 Å². The van der Waals surface area contributed by atoms with Crippen molar-refractivity contribution in [3.05, 3.63) is 30.3 Å². The molecule has 0 aromatic heterocycles. The van der Waals surface area contributed by atoms with Crippen LogP contribution >= 0.6 is 0 Å². The van der Waals surface area contributed by atoms with Crippen molar-refractivity contribution in [2.75, 3.05) is 0 Å². The van der Waals surface area contributed by atoms with E-state index in [1.54, 1.807) is 0 Å². The molecule has 0 saturated carbocycles. The van der Waals surface area contributed by atoms with Gasteiger partial charge in [-0.2, -0.15) is 18.2 Å². The summed E-state index contributed by atoms with van der Waals surface area (Å²) in [5.41, 5.74) is 0. The Morgan fingerprint density at radius 2 is 1.50 bits per heavy atom. The van der Waals surface area contributed by atoms with Gasteiger partial charge in [0.1, 0.15) is 0 Å². The molecule has 0 spiro atoms. The molecule has 1 aromatic rings. The average molecular weight is 121 g/mol. The molecule has 0 unspecified atom stereocenters. The zero-order chi connectivity index (χ0) is 3.54. The van der Waals surface area contributed by atoms with Gasteiger partial charge in [-0.05, 0) is 0 Å². The standard InChI is InChI=1S/C5H5.Fe/c1-2-4-5-3-1;/h1-5H;/q-1;+2. The maximum Gasteiger partial charge on any atom is 2.00 e. The van der Waals surface area contributed by atoms with Gasteiger partial charge < -0.3 is 0 Å². The molecule has 0 atom stereocenters. The van der Waals surface area contributed by atoms with Crippen LogP contribution in [0.5, 0.6) is 0 Å². The smallest absolute Gasteiger partial charge is 0.214 e. The van der Waals surface area contributed by atoms with Crippen molar-refractivity contribution in [3.63, 3.8) is 0 Å². The Morgan fingerprint density at radius 3 is 1.67 bits per heavy atom. The van der Waals surface area contributed by atoms with Crippen molar-refractivity contribution in [3.8, 4) is 0 Å². The summed E-state index contributed by atoms with van der Waals surface area (Å²) < 4.78 is 0. The largest absolute Gasteiger partial charge is 2.00 e. The van der Waals surface area contributed by atoms with E-state index in [2.05, 4.69) is 0 Å². The van der Waals surface area contributed by atoms with E-state index >= 15 is 0 Å². The Hall–Kier alpha value is -0.131. The summed E-state index contributed by atoms with van der Waals surface area (Å²) in [4.78, 5) is 0. The van der Waals surface area contributed by atoms with Crippen LogP contribution in [0.25, 0.3) is 0 Å². The van der Waals surface area contributed by atoms with E-state index in [1.807, 2.05) is 30.3 Å². The molecule has 6 heavy (non-hydrogen) atoms. The molecule has 0 aliphatic heterocycles. The van der Waals surface area contributed by atoms with Crippen LogP contribution in [-0.4, -0.2) is 0 Å². The first kappa shape index (κ1) is 5.87. The Balaban J connectivity index is 0.000000250. The first-order valence-electron chi connectivity index (χ1n) is 1.67. The fourth-order valence-corrected chi connectivity index (χ4v) is 0.321. The zero-order valence-electron chi connectivity index (χ0n) is 3.24. The van der Waals surface area contributed by atoms with Gasteiger partial charge in [0.15, 0.2) is 0 Å². The molecule has 0 fully saturated rings. The zero-order valence-corrected chi connectivity index (χ0v) is 4.34. The van der Waals surface area contributed by atoms with Crippen LogP contribution in [0.1, 0.15) is 0 Å². The molecule has 0 aliphatic carbocycles. The Kier molecular flexibility index (Phi) is 3.01. The first-order chi connectivity index (χ1) is 2.50. The summed E-state index contributed by atoms with van der Waals surface area (Å²) in [6.07, 6.45) is 0. The van der Waals surface area contributed by atoms with Gasteiger partial charge in [0.05, 0.1) is 0 Å². The van der Waals surface area contributed by atoms with Gasteiger partial charge in [-0.3, -0.25) is 0 Å². The first-order valence-corrected chi connectivity index (χ1v) is 1.67. The van der Waals surface area contributed by atoms with E-state index in [0.29, 0.717) is 0 Å². The van der Waals surface area contributed by atoms with Crippen molar-refractivity contribution in [2.45, 2.75) is 0 Å². The summed E-state index contributed by atoms with van der Waals surface area (Å²) in [7, 11) is 0. The van der Waals surface area contributed by atoms with Crippen LogP contribution in [0.15, 0.2) is 30.3 Å². The van der Waals surface area contributed by atoms with Crippen molar-refractivity contribution in [1.82, 2.24) is 0 Å². The molecule has 0 N–H and O–H groups in total. The maximum atomic E-state index is 2.00.